The van der Waals surface area contributed by atoms with Crippen molar-refractivity contribution in [2.24, 2.45) is 11.7 Å². The molecule has 0 saturated heterocycles. The zero-order valence-electron chi connectivity index (χ0n) is 8.42. The largest absolute Gasteiger partial charge is 0.493 e. The molecule has 12 heavy (non-hydrogen) atoms. The Bertz CT molecular complexity index is 182. The summed E-state index contributed by atoms with van der Waals surface area (Å²) in [6.07, 6.45) is 1.22. The Kier molecular flexibility index (Phi) is 2.78. The van der Waals surface area contributed by atoms with Crippen LogP contribution in [0.15, 0.2) is 11.3 Å². The highest BCUT2D eigenvalue weighted by atomic mass is 16.5. The van der Waals surface area contributed by atoms with Crippen LogP contribution < -0.4 is 5.73 Å². The average Bonchev–Trinajstić information content (AvgIpc) is 2.30. The van der Waals surface area contributed by atoms with E-state index in [2.05, 4.69) is 20.8 Å². The summed E-state index contributed by atoms with van der Waals surface area (Å²) in [6, 6.07) is 0.164. The maximum atomic E-state index is 5.99. The van der Waals surface area contributed by atoms with Crippen molar-refractivity contribution in [3.05, 3.63) is 11.3 Å². The van der Waals surface area contributed by atoms with Gasteiger partial charge < -0.3 is 10.5 Å². The van der Waals surface area contributed by atoms with Gasteiger partial charge in [-0.3, -0.25) is 0 Å². The van der Waals surface area contributed by atoms with Crippen LogP contribution in [-0.4, -0.2) is 12.1 Å². The fourth-order valence-corrected chi connectivity index (χ4v) is 1.46. The Balaban J connectivity index is 2.51. The summed E-state index contributed by atoms with van der Waals surface area (Å²) in [6.45, 7) is 8.40. The molecule has 1 heterocycles. The minimum Gasteiger partial charge on any atom is -0.493 e. The molecule has 0 bridgehead atoms. The van der Waals surface area contributed by atoms with Crippen molar-refractivity contribution in [2.75, 3.05) is 0 Å². The van der Waals surface area contributed by atoms with Gasteiger partial charge in [0, 0.05) is 12.5 Å². The summed E-state index contributed by atoms with van der Waals surface area (Å²) < 4.78 is 5.65. The predicted molar refractivity (Wildman–Crippen MR) is 50.7 cm³/mol. The lowest BCUT2D eigenvalue weighted by molar-refractivity contribution is 0.104. The molecule has 0 aromatic heterocycles. The topological polar surface area (TPSA) is 35.2 Å². The van der Waals surface area contributed by atoms with Crippen LogP contribution in [-0.2, 0) is 4.74 Å². The Labute approximate surface area is 74.8 Å². The molecule has 0 aliphatic carbocycles. The van der Waals surface area contributed by atoms with E-state index in [0.717, 1.165) is 12.2 Å². The summed E-state index contributed by atoms with van der Waals surface area (Å²) in [4.78, 5) is 0. The van der Waals surface area contributed by atoms with Crippen molar-refractivity contribution in [3.8, 4) is 0 Å². The van der Waals surface area contributed by atoms with Crippen molar-refractivity contribution < 1.29 is 4.74 Å². The Morgan fingerprint density at radius 1 is 1.42 bits per heavy atom. The molecule has 1 unspecified atom stereocenters. The molecule has 2 heteroatoms. The molecule has 2 nitrogen and oxygen atoms in total. The van der Waals surface area contributed by atoms with E-state index in [4.69, 9.17) is 10.5 Å². The van der Waals surface area contributed by atoms with E-state index in [0.29, 0.717) is 5.92 Å². The standard InChI is InChI=1S/C10H19NO/c1-6(2)10(11)9-5-7(3)8(4)12-9/h6,9-10H,5,11H2,1-4H3/t9?,10-/m1/s1. The van der Waals surface area contributed by atoms with E-state index in [1.165, 1.54) is 5.57 Å². The second kappa shape index (κ2) is 3.48. The summed E-state index contributed by atoms with van der Waals surface area (Å²) in [5, 5.41) is 0. The van der Waals surface area contributed by atoms with Crippen LogP contribution in [0.1, 0.15) is 34.1 Å². The first-order valence-corrected chi connectivity index (χ1v) is 4.61. The number of ether oxygens (including phenoxy) is 1. The highest BCUT2D eigenvalue weighted by Gasteiger charge is 2.27. The van der Waals surface area contributed by atoms with Gasteiger partial charge in [0.05, 0.1) is 5.76 Å². The molecular formula is C10H19NO. The number of allylic oxidation sites excluding steroid dienone is 1. The summed E-state index contributed by atoms with van der Waals surface area (Å²) in [5.41, 5.74) is 7.34. The zero-order chi connectivity index (χ0) is 9.30. The fourth-order valence-electron chi connectivity index (χ4n) is 1.46. The van der Waals surface area contributed by atoms with Gasteiger partial charge in [0.2, 0.25) is 0 Å². The summed E-state index contributed by atoms with van der Waals surface area (Å²) in [5.74, 6) is 1.56. The average molecular weight is 169 g/mol. The third kappa shape index (κ3) is 1.81. The summed E-state index contributed by atoms with van der Waals surface area (Å²) >= 11 is 0. The molecule has 70 valence electrons. The highest BCUT2D eigenvalue weighted by Crippen LogP contribution is 2.27. The minimum atomic E-state index is 0.164. The number of hydrogen-bond donors (Lipinski definition) is 1. The SMILES string of the molecule is CC1=C(C)OC([C@H](N)C(C)C)C1. The molecule has 0 aromatic carbocycles. The van der Waals surface area contributed by atoms with Gasteiger partial charge in [-0.05, 0) is 25.3 Å². The second-order valence-corrected chi connectivity index (χ2v) is 4.02. The van der Waals surface area contributed by atoms with Crippen molar-refractivity contribution in [1.29, 1.82) is 0 Å². The van der Waals surface area contributed by atoms with Gasteiger partial charge in [-0.2, -0.15) is 0 Å². The fraction of sp³-hybridized carbons (Fsp3) is 0.800. The highest BCUT2D eigenvalue weighted by molar-refractivity contribution is 5.12. The smallest absolute Gasteiger partial charge is 0.117 e. The Morgan fingerprint density at radius 2 is 2.00 bits per heavy atom. The predicted octanol–water partition coefficient (Wildman–Crippen LogP) is 2.05. The molecule has 0 aromatic rings. The number of nitrogens with two attached hydrogens (primary N) is 1. The van der Waals surface area contributed by atoms with Crippen LogP contribution in [0, 0.1) is 5.92 Å². The Hall–Kier alpha value is -0.500. The molecular weight excluding hydrogens is 150 g/mol. The van der Waals surface area contributed by atoms with E-state index >= 15 is 0 Å². The van der Waals surface area contributed by atoms with Gasteiger partial charge in [0.15, 0.2) is 0 Å². The van der Waals surface area contributed by atoms with Crippen LogP contribution in [0.2, 0.25) is 0 Å². The van der Waals surface area contributed by atoms with Gasteiger partial charge in [-0.1, -0.05) is 13.8 Å². The van der Waals surface area contributed by atoms with Crippen LogP contribution in [0.3, 0.4) is 0 Å². The van der Waals surface area contributed by atoms with Crippen LogP contribution in [0.4, 0.5) is 0 Å². The van der Waals surface area contributed by atoms with Crippen LogP contribution >= 0.6 is 0 Å². The lowest BCUT2D eigenvalue weighted by atomic mass is 9.96. The quantitative estimate of drug-likeness (QED) is 0.686. The monoisotopic (exact) mass is 169 g/mol. The Morgan fingerprint density at radius 3 is 2.33 bits per heavy atom. The molecule has 0 fully saturated rings. The first kappa shape index (κ1) is 9.59. The second-order valence-electron chi connectivity index (χ2n) is 4.02. The normalized spacial score (nSPS) is 26.3. The molecule has 1 aliphatic rings. The van der Waals surface area contributed by atoms with E-state index in [1.54, 1.807) is 0 Å². The van der Waals surface area contributed by atoms with Gasteiger partial charge in [0.25, 0.3) is 0 Å². The van der Waals surface area contributed by atoms with E-state index in [-0.39, 0.29) is 12.1 Å². The van der Waals surface area contributed by atoms with Crippen molar-refractivity contribution >= 4 is 0 Å². The van der Waals surface area contributed by atoms with Crippen LogP contribution in [0.25, 0.3) is 0 Å². The molecule has 0 spiro atoms. The van der Waals surface area contributed by atoms with E-state index < -0.39 is 0 Å². The molecule has 0 radical (unpaired) electrons. The third-order valence-electron chi connectivity index (χ3n) is 2.64. The third-order valence-corrected chi connectivity index (χ3v) is 2.64. The molecule has 1 aliphatic heterocycles. The molecule has 2 N–H and O–H groups in total. The number of hydrogen-bond acceptors (Lipinski definition) is 2. The van der Waals surface area contributed by atoms with Crippen molar-refractivity contribution in [3.63, 3.8) is 0 Å². The zero-order valence-corrected chi connectivity index (χ0v) is 8.42. The van der Waals surface area contributed by atoms with Gasteiger partial charge in [-0.25, -0.2) is 0 Å². The first-order valence-electron chi connectivity index (χ1n) is 4.61. The lowest BCUT2D eigenvalue weighted by Gasteiger charge is -2.22. The molecule has 1 rings (SSSR count). The molecule has 0 saturated carbocycles. The first-order chi connectivity index (χ1) is 5.52. The maximum absolute atomic E-state index is 5.99. The van der Waals surface area contributed by atoms with E-state index in [9.17, 15) is 0 Å². The lowest BCUT2D eigenvalue weighted by Crippen LogP contribution is -2.39. The van der Waals surface area contributed by atoms with E-state index in [1.807, 2.05) is 6.92 Å². The van der Waals surface area contributed by atoms with Crippen molar-refractivity contribution in [1.82, 2.24) is 0 Å². The van der Waals surface area contributed by atoms with Gasteiger partial charge >= 0.3 is 0 Å². The summed E-state index contributed by atoms with van der Waals surface area (Å²) in [7, 11) is 0. The maximum Gasteiger partial charge on any atom is 0.117 e. The number of rotatable bonds is 2. The van der Waals surface area contributed by atoms with Gasteiger partial charge in [-0.15, -0.1) is 0 Å². The van der Waals surface area contributed by atoms with Crippen LogP contribution in [0.5, 0.6) is 0 Å². The van der Waals surface area contributed by atoms with Crippen molar-refractivity contribution in [2.45, 2.75) is 46.3 Å². The van der Waals surface area contributed by atoms with Gasteiger partial charge in [0.1, 0.15) is 6.10 Å². The minimum absolute atomic E-state index is 0.164. The molecule has 2 atom stereocenters. The molecule has 0 amide bonds.